The Labute approximate surface area is 114 Å². The lowest BCUT2D eigenvalue weighted by Crippen LogP contribution is -2.19. The number of nitrogens with two attached hydrogens (primary N) is 1. The summed E-state index contributed by atoms with van der Waals surface area (Å²) in [5, 5.41) is 22.2. The maximum atomic E-state index is 11.3. The number of carbonyl (C=O) groups excluding carboxylic acids is 1. The largest absolute Gasteiger partial charge is 0.481 e. The highest BCUT2D eigenvalue weighted by Crippen LogP contribution is 2.22. The molecule has 0 aliphatic heterocycles. The van der Waals surface area contributed by atoms with Crippen LogP contribution in [-0.2, 0) is 4.79 Å². The van der Waals surface area contributed by atoms with Gasteiger partial charge < -0.3 is 16.2 Å². The van der Waals surface area contributed by atoms with Crippen molar-refractivity contribution >= 4 is 23.3 Å². The number of nitro benzene ring substituents is 1. The summed E-state index contributed by atoms with van der Waals surface area (Å²) in [5.41, 5.74) is 5.29. The maximum Gasteiger partial charge on any atom is 0.303 e. The molecular formula is C12H15N3O5. The van der Waals surface area contributed by atoms with E-state index in [9.17, 15) is 19.7 Å². The van der Waals surface area contributed by atoms with Crippen molar-refractivity contribution in [2.75, 3.05) is 11.9 Å². The summed E-state index contributed by atoms with van der Waals surface area (Å²) in [6.07, 6.45) is -0.0219. The van der Waals surface area contributed by atoms with Crippen molar-refractivity contribution in [3.05, 3.63) is 33.9 Å². The zero-order valence-electron chi connectivity index (χ0n) is 10.8. The number of nitro groups is 1. The topological polar surface area (TPSA) is 136 Å². The molecule has 8 nitrogen and oxygen atoms in total. The van der Waals surface area contributed by atoms with E-state index in [4.69, 9.17) is 10.8 Å². The molecule has 0 fully saturated rings. The second-order valence-corrected chi connectivity index (χ2v) is 4.44. The van der Waals surface area contributed by atoms with Gasteiger partial charge in [-0.05, 0) is 12.0 Å². The first-order chi connectivity index (χ1) is 9.31. The van der Waals surface area contributed by atoms with Gasteiger partial charge in [-0.15, -0.1) is 0 Å². The number of hydrogen-bond donors (Lipinski definition) is 3. The van der Waals surface area contributed by atoms with Crippen LogP contribution in [0.2, 0.25) is 0 Å². The van der Waals surface area contributed by atoms with E-state index in [0.717, 1.165) is 6.07 Å². The number of carboxylic acid groups (broad SMARTS) is 1. The van der Waals surface area contributed by atoms with E-state index in [1.54, 1.807) is 6.92 Å². The average molecular weight is 281 g/mol. The SMILES string of the molecule is CC(CNc1ccc([N+](=O)[O-])cc1C(N)=O)CC(=O)O. The van der Waals surface area contributed by atoms with E-state index >= 15 is 0 Å². The number of aliphatic carboxylic acids is 1. The minimum atomic E-state index is -0.918. The summed E-state index contributed by atoms with van der Waals surface area (Å²) in [7, 11) is 0. The molecule has 0 heterocycles. The lowest BCUT2D eigenvalue weighted by molar-refractivity contribution is -0.384. The number of anilines is 1. The van der Waals surface area contributed by atoms with Gasteiger partial charge in [0.2, 0.25) is 0 Å². The fourth-order valence-corrected chi connectivity index (χ4v) is 1.66. The third kappa shape index (κ3) is 4.23. The maximum absolute atomic E-state index is 11.3. The summed E-state index contributed by atoms with van der Waals surface area (Å²) < 4.78 is 0. The van der Waals surface area contributed by atoms with Gasteiger partial charge in [0.15, 0.2) is 0 Å². The number of hydrogen-bond acceptors (Lipinski definition) is 5. The number of nitrogens with one attached hydrogen (secondary N) is 1. The Morgan fingerprint density at radius 1 is 1.50 bits per heavy atom. The molecule has 0 saturated carbocycles. The Bertz CT molecular complexity index is 544. The molecular weight excluding hydrogens is 266 g/mol. The normalized spacial score (nSPS) is 11.7. The molecule has 0 bridgehead atoms. The van der Waals surface area contributed by atoms with E-state index in [1.165, 1.54) is 12.1 Å². The summed E-state index contributed by atoms with van der Waals surface area (Å²) in [6, 6.07) is 3.72. The number of nitrogens with zero attached hydrogens (tertiary/aromatic N) is 1. The van der Waals surface area contributed by atoms with Crippen molar-refractivity contribution in [1.82, 2.24) is 0 Å². The van der Waals surface area contributed by atoms with Crippen molar-refractivity contribution in [3.8, 4) is 0 Å². The summed E-state index contributed by atoms with van der Waals surface area (Å²) in [4.78, 5) is 31.8. The number of primary amides is 1. The third-order valence-electron chi connectivity index (χ3n) is 2.64. The molecule has 20 heavy (non-hydrogen) atoms. The van der Waals surface area contributed by atoms with Crippen molar-refractivity contribution < 1.29 is 19.6 Å². The van der Waals surface area contributed by atoms with E-state index in [1.807, 2.05) is 0 Å². The van der Waals surface area contributed by atoms with Crippen LogP contribution in [0.3, 0.4) is 0 Å². The monoisotopic (exact) mass is 281 g/mol. The van der Waals surface area contributed by atoms with Gasteiger partial charge in [0, 0.05) is 30.8 Å². The van der Waals surface area contributed by atoms with Crippen molar-refractivity contribution in [1.29, 1.82) is 0 Å². The van der Waals surface area contributed by atoms with E-state index in [-0.39, 0.29) is 23.6 Å². The van der Waals surface area contributed by atoms with Crippen LogP contribution in [0, 0.1) is 16.0 Å². The molecule has 4 N–H and O–H groups in total. The van der Waals surface area contributed by atoms with Crippen LogP contribution >= 0.6 is 0 Å². The minimum Gasteiger partial charge on any atom is -0.481 e. The molecule has 1 rings (SSSR count). The highest BCUT2D eigenvalue weighted by Gasteiger charge is 2.15. The minimum absolute atomic E-state index is 0.00160. The zero-order chi connectivity index (χ0) is 15.3. The first-order valence-corrected chi connectivity index (χ1v) is 5.85. The Hall–Kier alpha value is -2.64. The van der Waals surface area contributed by atoms with Gasteiger partial charge in [0.05, 0.1) is 10.5 Å². The first kappa shape index (κ1) is 15.4. The van der Waals surface area contributed by atoms with Gasteiger partial charge in [0.25, 0.3) is 11.6 Å². The fraction of sp³-hybridized carbons (Fsp3) is 0.333. The molecule has 1 atom stereocenters. The lowest BCUT2D eigenvalue weighted by Gasteiger charge is -2.13. The summed E-state index contributed by atoms with van der Waals surface area (Å²) in [6.45, 7) is 2.04. The molecule has 1 unspecified atom stereocenters. The van der Waals surface area contributed by atoms with E-state index in [2.05, 4.69) is 5.32 Å². The van der Waals surface area contributed by atoms with Gasteiger partial charge in [-0.3, -0.25) is 19.7 Å². The number of carboxylic acids is 1. The predicted octanol–water partition coefficient (Wildman–Crippen LogP) is 1.22. The van der Waals surface area contributed by atoms with Crippen LogP contribution < -0.4 is 11.1 Å². The fourth-order valence-electron chi connectivity index (χ4n) is 1.66. The zero-order valence-corrected chi connectivity index (χ0v) is 10.8. The van der Waals surface area contributed by atoms with E-state index in [0.29, 0.717) is 12.2 Å². The van der Waals surface area contributed by atoms with Crippen LogP contribution in [0.4, 0.5) is 11.4 Å². The molecule has 108 valence electrons. The Morgan fingerprint density at radius 3 is 2.65 bits per heavy atom. The average Bonchev–Trinajstić information content (AvgIpc) is 2.35. The summed E-state index contributed by atoms with van der Waals surface area (Å²) >= 11 is 0. The quantitative estimate of drug-likeness (QED) is 0.507. The number of carbonyl (C=O) groups is 2. The number of rotatable bonds is 7. The van der Waals surface area contributed by atoms with Crippen LogP contribution in [0.5, 0.6) is 0 Å². The number of non-ortho nitro benzene ring substituents is 1. The first-order valence-electron chi connectivity index (χ1n) is 5.85. The van der Waals surface area contributed by atoms with E-state index < -0.39 is 16.8 Å². The Kier molecular flexibility index (Phi) is 5.01. The van der Waals surface area contributed by atoms with Crippen LogP contribution in [0.1, 0.15) is 23.7 Å². The molecule has 0 aromatic heterocycles. The molecule has 1 amide bonds. The Balaban J connectivity index is 2.87. The molecule has 0 spiro atoms. The van der Waals surface area contributed by atoms with Crippen LogP contribution in [0.15, 0.2) is 18.2 Å². The predicted molar refractivity (Wildman–Crippen MR) is 71.5 cm³/mol. The molecule has 0 aliphatic carbocycles. The molecule has 0 aliphatic rings. The molecule has 8 heteroatoms. The molecule has 1 aromatic rings. The van der Waals surface area contributed by atoms with Crippen LogP contribution in [0.25, 0.3) is 0 Å². The van der Waals surface area contributed by atoms with Gasteiger partial charge in [-0.2, -0.15) is 0 Å². The molecule has 1 aromatic carbocycles. The van der Waals surface area contributed by atoms with Gasteiger partial charge in [-0.25, -0.2) is 0 Å². The smallest absolute Gasteiger partial charge is 0.303 e. The number of benzene rings is 1. The lowest BCUT2D eigenvalue weighted by atomic mass is 10.1. The van der Waals surface area contributed by atoms with Gasteiger partial charge in [-0.1, -0.05) is 6.92 Å². The van der Waals surface area contributed by atoms with Crippen molar-refractivity contribution in [2.45, 2.75) is 13.3 Å². The van der Waals surface area contributed by atoms with Gasteiger partial charge in [0.1, 0.15) is 0 Å². The standard InChI is InChI=1S/C12H15N3O5/c1-7(4-11(16)17)6-14-10-3-2-8(15(19)20)5-9(10)12(13)18/h2-3,5,7,14H,4,6H2,1H3,(H2,13,18)(H,16,17). The third-order valence-corrected chi connectivity index (χ3v) is 2.64. The highest BCUT2D eigenvalue weighted by atomic mass is 16.6. The van der Waals surface area contributed by atoms with Crippen molar-refractivity contribution in [2.24, 2.45) is 11.7 Å². The Morgan fingerprint density at radius 2 is 2.15 bits per heavy atom. The number of amides is 1. The highest BCUT2D eigenvalue weighted by molar-refractivity contribution is 5.99. The second-order valence-electron chi connectivity index (χ2n) is 4.44. The van der Waals surface area contributed by atoms with Gasteiger partial charge >= 0.3 is 5.97 Å². The van der Waals surface area contributed by atoms with Crippen molar-refractivity contribution in [3.63, 3.8) is 0 Å². The molecule has 0 radical (unpaired) electrons. The molecule has 0 saturated heterocycles. The summed E-state index contributed by atoms with van der Waals surface area (Å²) in [5.74, 6) is -1.87. The van der Waals surface area contributed by atoms with Crippen LogP contribution in [-0.4, -0.2) is 28.5 Å². The second kappa shape index (κ2) is 6.50.